The lowest BCUT2D eigenvalue weighted by Crippen LogP contribution is -2.39. The van der Waals surface area contributed by atoms with E-state index in [0.717, 1.165) is 19.3 Å². The lowest BCUT2D eigenvalue weighted by atomic mass is 9.93. The molecule has 1 aliphatic rings. The van der Waals surface area contributed by atoms with Gasteiger partial charge in [-0.2, -0.15) is 0 Å². The van der Waals surface area contributed by atoms with Gasteiger partial charge in [-0.3, -0.25) is 4.79 Å². The van der Waals surface area contributed by atoms with Gasteiger partial charge in [-0.15, -0.1) is 0 Å². The van der Waals surface area contributed by atoms with Crippen LogP contribution < -0.4 is 4.72 Å². The van der Waals surface area contributed by atoms with Crippen LogP contribution >= 0.6 is 0 Å². The molecule has 1 N–H and O–H groups in total. The van der Waals surface area contributed by atoms with Gasteiger partial charge in [-0.05, 0) is 61.6 Å². The topological polar surface area (TPSA) is 66.5 Å². The van der Waals surface area contributed by atoms with Crippen molar-refractivity contribution in [3.8, 4) is 0 Å². The Morgan fingerprint density at radius 3 is 2.30 bits per heavy atom. The Hall–Kier alpha value is -2.25. The normalized spacial score (nSPS) is 15.7. The minimum absolute atomic E-state index is 0.0850. The number of hydrogen-bond acceptors (Lipinski definition) is 3. The van der Waals surface area contributed by atoms with Crippen LogP contribution in [0.25, 0.3) is 0 Å². The molecule has 0 aromatic heterocycles. The van der Waals surface area contributed by atoms with E-state index >= 15 is 0 Å². The molecule has 0 saturated carbocycles. The molecule has 1 fully saturated rings. The maximum atomic E-state index is 13.0. The summed E-state index contributed by atoms with van der Waals surface area (Å²) in [5.41, 5.74) is 0.491. The van der Waals surface area contributed by atoms with Crippen LogP contribution in [0.1, 0.15) is 29.6 Å². The molecule has 1 heterocycles. The average Bonchev–Trinajstić information content (AvgIpc) is 2.69. The minimum Gasteiger partial charge on any atom is -0.339 e. The van der Waals surface area contributed by atoms with E-state index in [-0.39, 0.29) is 16.6 Å². The van der Waals surface area contributed by atoms with E-state index in [4.69, 9.17) is 0 Å². The number of nitrogens with one attached hydrogen (secondary N) is 1. The summed E-state index contributed by atoms with van der Waals surface area (Å²) < 4.78 is 40.0. The lowest BCUT2D eigenvalue weighted by Gasteiger charge is -2.32. The zero-order valence-electron chi connectivity index (χ0n) is 15.0. The molecule has 0 bridgehead atoms. The number of sulfonamides is 1. The Bertz CT molecular complexity index is 862. The van der Waals surface area contributed by atoms with Gasteiger partial charge in [-0.25, -0.2) is 17.5 Å². The van der Waals surface area contributed by atoms with Crippen molar-refractivity contribution in [2.45, 2.75) is 24.2 Å². The monoisotopic (exact) mass is 390 g/mol. The Morgan fingerprint density at radius 2 is 1.67 bits per heavy atom. The van der Waals surface area contributed by atoms with Crippen molar-refractivity contribution in [1.82, 2.24) is 9.62 Å². The molecule has 5 nitrogen and oxygen atoms in total. The van der Waals surface area contributed by atoms with E-state index in [2.05, 4.69) is 4.72 Å². The number of halogens is 1. The molecule has 1 amide bonds. The summed E-state index contributed by atoms with van der Waals surface area (Å²) >= 11 is 0. The first-order valence-corrected chi connectivity index (χ1v) is 10.5. The highest BCUT2D eigenvalue weighted by molar-refractivity contribution is 7.89. The predicted octanol–water partition coefficient (Wildman–Crippen LogP) is 3.05. The van der Waals surface area contributed by atoms with Crippen LogP contribution in [0.15, 0.2) is 59.5 Å². The van der Waals surface area contributed by atoms with Crippen molar-refractivity contribution < 1.29 is 17.6 Å². The molecule has 144 valence electrons. The molecule has 27 heavy (non-hydrogen) atoms. The summed E-state index contributed by atoms with van der Waals surface area (Å²) in [4.78, 5) is 14.5. The summed E-state index contributed by atoms with van der Waals surface area (Å²) in [7, 11) is -3.47. The SMILES string of the molecule is O=C(c1ccc(F)cc1)N1CCC(CCNS(=O)(=O)c2ccccc2)CC1. The molecule has 3 rings (SSSR count). The van der Waals surface area contributed by atoms with E-state index in [9.17, 15) is 17.6 Å². The number of carbonyl (C=O) groups excluding carboxylic acids is 1. The van der Waals surface area contributed by atoms with Gasteiger partial charge in [0.05, 0.1) is 4.90 Å². The third kappa shape index (κ3) is 5.14. The van der Waals surface area contributed by atoms with Gasteiger partial charge in [0.15, 0.2) is 0 Å². The molecule has 7 heteroatoms. The van der Waals surface area contributed by atoms with Crippen LogP contribution in [0.2, 0.25) is 0 Å². The van der Waals surface area contributed by atoms with Gasteiger partial charge in [0.25, 0.3) is 5.91 Å². The predicted molar refractivity (Wildman–Crippen MR) is 101 cm³/mol. The standard InChI is InChI=1S/C20H23FN2O3S/c21-18-8-6-17(7-9-18)20(24)23-14-11-16(12-15-23)10-13-22-27(25,26)19-4-2-1-3-5-19/h1-9,16,22H,10-15H2. The Kier molecular flexibility index (Phi) is 6.23. The second-order valence-corrected chi connectivity index (χ2v) is 8.51. The lowest BCUT2D eigenvalue weighted by molar-refractivity contribution is 0.0687. The van der Waals surface area contributed by atoms with Gasteiger partial charge in [0.1, 0.15) is 5.82 Å². The summed E-state index contributed by atoms with van der Waals surface area (Å²) in [6.45, 7) is 1.65. The maximum Gasteiger partial charge on any atom is 0.253 e. The van der Waals surface area contributed by atoms with Gasteiger partial charge in [0, 0.05) is 25.2 Å². The molecule has 0 atom stereocenters. The summed E-state index contributed by atoms with van der Waals surface area (Å²) in [5.74, 6) is -0.0674. The minimum atomic E-state index is -3.47. The molecule has 2 aromatic rings. The molecule has 2 aromatic carbocycles. The van der Waals surface area contributed by atoms with E-state index in [1.807, 2.05) is 0 Å². The fraction of sp³-hybridized carbons (Fsp3) is 0.350. The zero-order chi connectivity index (χ0) is 19.3. The van der Waals surface area contributed by atoms with Crippen LogP contribution in [0.3, 0.4) is 0 Å². The maximum absolute atomic E-state index is 13.0. The summed E-state index contributed by atoms with van der Waals surface area (Å²) in [6, 6.07) is 13.9. The number of amides is 1. The molecule has 1 aliphatic heterocycles. The summed E-state index contributed by atoms with van der Waals surface area (Å²) in [5, 5.41) is 0. The first kappa shape index (κ1) is 19.5. The van der Waals surface area contributed by atoms with Crippen LogP contribution in [-0.2, 0) is 10.0 Å². The molecule has 0 aliphatic carbocycles. The van der Waals surface area contributed by atoms with Gasteiger partial charge in [0.2, 0.25) is 10.0 Å². The number of carbonyl (C=O) groups is 1. The zero-order valence-corrected chi connectivity index (χ0v) is 15.8. The highest BCUT2D eigenvalue weighted by atomic mass is 32.2. The van der Waals surface area contributed by atoms with E-state index in [1.54, 1.807) is 35.2 Å². The van der Waals surface area contributed by atoms with Crippen molar-refractivity contribution in [2.24, 2.45) is 5.92 Å². The Morgan fingerprint density at radius 1 is 1.04 bits per heavy atom. The van der Waals surface area contributed by atoms with E-state index in [0.29, 0.717) is 31.1 Å². The van der Waals surface area contributed by atoms with E-state index in [1.165, 1.54) is 24.3 Å². The number of nitrogens with zero attached hydrogens (tertiary/aromatic N) is 1. The van der Waals surface area contributed by atoms with Gasteiger partial charge < -0.3 is 4.90 Å². The first-order chi connectivity index (χ1) is 13.0. The quantitative estimate of drug-likeness (QED) is 0.824. The molecular weight excluding hydrogens is 367 g/mol. The van der Waals surface area contributed by atoms with Crippen molar-refractivity contribution in [1.29, 1.82) is 0 Å². The Labute approximate surface area is 159 Å². The molecule has 0 unspecified atom stereocenters. The molecular formula is C20H23FN2O3S. The number of piperidine rings is 1. The number of benzene rings is 2. The first-order valence-electron chi connectivity index (χ1n) is 9.05. The van der Waals surface area contributed by atoms with Crippen LogP contribution in [-0.4, -0.2) is 38.9 Å². The Balaban J connectivity index is 1.44. The van der Waals surface area contributed by atoms with Crippen LogP contribution in [0, 0.1) is 11.7 Å². The van der Waals surface area contributed by atoms with Crippen molar-refractivity contribution in [3.05, 3.63) is 66.0 Å². The van der Waals surface area contributed by atoms with Gasteiger partial charge >= 0.3 is 0 Å². The number of likely N-dealkylation sites (tertiary alicyclic amines) is 1. The number of hydrogen-bond donors (Lipinski definition) is 1. The fourth-order valence-corrected chi connectivity index (χ4v) is 4.35. The summed E-state index contributed by atoms with van der Waals surface area (Å²) in [6.07, 6.45) is 2.41. The van der Waals surface area contributed by atoms with Crippen LogP contribution in [0.4, 0.5) is 4.39 Å². The highest BCUT2D eigenvalue weighted by Gasteiger charge is 2.24. The molecule has 0 radical (unpaired) electrons. The fourth-order valence-electron chi connectivity index (χ4n) is 3.28. The van der Waals surface area contributed by atoms with E-state index < -0.39 is 10.0 Å². The third-order valence-electron chi connectivity index (χ3n) is 4.89. The smallest absolute Gasteiger partial charge is 0.253 e. The highest BCUT2D eigenvalue weighted by Crippen LogP contribution is 2.22. The van der Waals surface area contributed by atoms with Crippen LogP contribution in [0.5, 0.6) is 0 Å². The molecule has 0 spiro atoms. The molecule has 1 saturated heterocycles. The second-order valence-electron chi connectivity index (χ2n) is 6.74. The van der Waals surface area contributed by atoms with Gasteiger partial charge in [-0.1, -0.05) is 18.2 Å². The van der Waals surface area contributed by atoms with Crippen molar-refractivity contribution in [3.63, 3.8) is 0 Å². The average molecular weight is 390 g/mol. The van der Waals surface area contributed by atoms with Crippen molar-refractivity contribution >= 4 is 15.9 Å². The second kappa shape index (κ2) is 8.63. The third-order valence-corrected chi connectivity index (χ3v) is 6.37. The van der Waals surface area contributed by atoms with Crippen molar-refractivity contribution in [2.75, 3.05) is 19.6 Å². The largest absolute Gasteiger partial charge is 0.339 e. The number of rotatable bonds is 6.